The molecule has 0 aliphatic rings. The summed E-state index contributed by atoms with van der Waals surface area (Å²) in [4.78, 5) is 10.8. The van der Waals surface area contributed by atoms with Crippen LogP contribution in [0.2, 0.25) is 0 Å². The molecule has 0 bridgehead atoms. The quantitative estimate of drug-likeness (QED) is 0.620. The van der Waals surface area contributed by atoms with Crippen LogP contribution in [0.4, 0.5) is 4.79 Å². The number of aliphatic hydroxyl groups is 1. The molecule has 14 heavy (non-hydrogen) atoms. The molecule has 7 nitrogen and oxygen atoms in total. The first kappa shape index (κ1) is 13.1. The van der Waals surface area contributed by atoms with E-state index in [0.29, 0.717) is 0 Å². The zero-order valence-electron chi connectivity index (χ0n) is 8.06. The first-order chi connectivity index (χ1) is 6.44. The van der Waals surface area contributed by atoms with Gasteiger partial charge in [0.1, 0.15) is 0 Å². The van der Waals surface area contributed by atoms with Gasteiger partial charge in [-0.1, -0.05) is 0 Å². The average molecular weight is 226 g/mol. The zero-order valence-corrected chi connectivity index (χ0v) is 8.87. The van der Waals surface area contributed by atoms with E-state index in [-0.39, 0.29) is 19.8 Å². The Hall–Kier alpha value is -0.860. The van der Waals surface area contributed by atoms with Crippen molar-refractivity contribution < 1.29 is 23.1 Å². The Morgan fingerprint density at radius 3 is 2.57 bits per heavy atom. The van der Waals surface area contributed by atoms with E-state index in [1.807, 2.05) is 0 Å². The number of nitrogens with zero attached hydrogens (tertiary/aromatic N) is 1. The van der Waals surface area contributed by atoms with Crippen molar-refractivity contribution in [3.63, 3.8) is 0 Å². The Labute approximate surface area is 82.8 Å². The van der Waals surface area contributed by atoms with E-state index in [1.165, 1.54) is 7.05 Å². The number of rotatable bonds is 5. The minimum absolute atomic E-state index is 0.0884. The molecule has 0 heterocycles. The summed E-state index contributed by atoms with van der Waals surface area (Å²) < 4.78 is 29.3. The van der Waals surface area contributed by atoms with Crippen LogP contribution in [0, 0.1) is 0 Å². The number of hydrogen-bond donors (Lipinski definition) is 2. The van der Waals surface area contributed by atoms with Gasteiger partial charge in [-0.25, -0.2) is 9.52 Å². The molecule has 0 aromatic rings. The lowest BCUT2D eigenvalue weighted by Crippen LogP contribution is -2.42. The first-order valence-corrected chi connectivity index (χ1v) is 5.39. The lowest BCUT2D eigenvalue weighted by molar-refractivity contribution is 0.158. The van der Waals surface area contributed by atoms with Crippen LogP contribution < -0.4 is 4.72 Å². The summed E-state index contributed by atoms with van der Waals surface area (Å²) in [5.41, 5.74) is 0. The molecule has 0 aliphatic heterocycles. The lowest BCUT2D eigenvalue weighted by atomic mass is 10.7. The number of likely N-dealkylation sites (N-methyl/N-ethyl adjacent to an activating group) is 1. The molecular weight excluding hydrogens is 212 g/mol. The Morgan fingerprint density at radius 1 is 1.57 bits per heavy atom. The van der Waals surface area contributed by atoms with Gasteiger partial charge in [-0.15, -0.1) is 0 Å². The molecule has 0 aromatic heterocycles. The normalized spacial score (nSPS) is 11.4. The van der Waals surface area contributed by atoms with Crippen molar-refractivity contribution >= 4 is 16.3 Å². The van der Waals surface area contributed by atoms with Gasteiger partial charge in [-0.2, -0.15) is 12.7 Å². The van der Waals surface area contributed by atoms with Crippen molar-refractivity contribution in [3.05, 3.63) is 0 Å². The van der Waals surface area contributed by atoms with E-state index in [0.717, 1.165) is 4.31 Å². The highest BCUT2D eigenvalue weighted by Crippen LogP contribution is 1.93. The highest BCUT2D eigenvalue weighted by molar-refractivity contribution is 7.87. The second-order valence-electron chi connectivity index (χ2n) is 2.37. The molecule has 0 fully saturated rings. The van der Waals surface area contributed by atoms with E-state index in [4.69, 9.17) is 5.11 Å². The molecule has 1 amide bonds. The number of nitrogens with one attached hydrogen (secondary N) is 1. The summed E-state index contributed by atoms with van der Waals surface area (Å²) in [6.07, 6.45) is -1.03. The fourth-order valence-electron chi connectivity index (χ4n) is 0.605. The van der Waals surface area contributed by atoms with Crippen molar-refractivity contribution in [2.24, 2.45) is 0 Å². The molecule has 2 N–H and O–H groups in total. The van der Waals surface area contributed by atoms with E-state index in [1.54, 1.807) is 11.6 Å². The Kier molecular flexibility index (Phi) is 5.43. The van der Waals surface area contributed by atoms with Crippen molar-refractivity contribution in [1.29, 1.82) is 0 Å². The maximum absolute atomic E-state index is 11.2. The maximum Gasteiger partial charge on any atom is 0.421 e. The van der Waals surface area contributed by atoms with Gasteiger partial charge < -0.3 is 9.84 Å². The van der Waals surface area contributed by atoms with Gasteiger partial charge in [-0.3, -0.25) is 0 Å². The van der Waals surface area contributed by atoms with Crippen LogP contribution in [0.25, 0.3) is 0 Å². The number of hydrogen-bond acceptors (Lipinski definition) is 5. The number of amides is 1. The van der Waals surface area contributed by atoms with Gasteiger partial charge in [0.15, 0.2) is 0 Å². The molecule has 0 radical (unpaired) electrons. The van der Waals surface area contributed by atoms with Gasteiger partial charge in [0.05, 0.1) is 13.2 Å². The third-order valence-electron chi connectivity index (χ3n) is 1.31. The SMILES string of the molecule is CCOC(=O)NS(=O)(=O)N(C)CCO. The molecule has 0 aromatic carbocycles. The molecule has 0 saturated carbocycles. The lowest BCUT2D eigenvalue weighted by Gasteiger charge is -2.15. The standard InChI is InChI=1S/C6H14N2O5S/c1-3-13-6(10)7-14(11,12)8(2)4-5-9/h9H,3-5H2,1-2H3,(H,7,10). The van der Waals surface area contributed by atoms with Crippen LogP contribution in [0.5, 0.6) is 0 Å². The van der Waals surface area contributed by atoms with Crippen molar-refractivity contribution in [2.75, 3.05) is 26.8 Å². The van der Waals surface area contributed by atoms with Crippen molar-refractivity contribution in [2.45, 2.75) is 6.92 Å². The molecule has 84 valence electrons. The van der Waals surface area contributed by atoms with Gasteiger partial charge in [0.2, 0.25) is 0 Å². The number of aliphatic hydroxyl groups excluding tert-OH is 1. The van der Waals surface area contributed by atoms with Crippen molar-refractivity contribution in [3.8, 4) is 0 Å². The Balaban J connectivity index is 4.27. The Bertz CT molecular complexity index is 276. The van der Waals surface area contributed by atoms with Crippen LogP contribution >= 0.6 is 0 Å². The third kappa shape index (κ3) is 4.40. The molecule has 0 saturated heterocycles. The molecule has 8 heteroatoms. The number of ether oxygens (including phenoxy) is 1. The minimum Gasteiger partial charge on any atom is -0.449 e. The maximum atomic E-state index is 11.2. The monoisotopic (exact) mass is 226 g/mol. The number of carbonyl (C=O) groups excluding carboxylic acids is 1. The van der Waals surface area contributed by atoms with Crippen LogP contribution in [0.15, 0.2) is 0 Å². The summed E-state index contributed by atoms with van der Waals surface area (Å²) in [6, 6.07) is 0. The molecule has 0 rings (SSSR count). The van der Waals surface area contributed by atoms with Gasteiger partial charge >= 0.3 is 16.3 Å². The van der Waals surface area contributed by atoms with Crippen LogP contribution in [0.1, 0.15) is 6.92 Å². The molecule has 0 unspecified atom stereocenters. The predicted molar refractivity (Wildman–Crippen MR) is 48.8 cm³/mol. The van der Waals surface area contributed by atoms with E-state index in [2.05, 4.69) is 4.74 Å². The fraction of sp³-hybridized carbons (Fsp3) is 0.833. The van der Waals surface area contributed by atoms with Gasteiger partial charge in [0, 0.05) is 13.6 Å². The first-order valence-electron chi connectivity index (χ1n) is 3.95. The topological polar surface area (TPSA) is 95.9 Å². The Morgan fingerprint density at radius 2 is 2.14 bits per heavy atom. The van der Waals surface area contributed by atoms with Crippen LogP contribution in [-0.2, 0) is 14.9 Å². The molecule has 0 atom stereocenters. The summed E-state index contributed by atoms with van der Waals surface area (Å²) in [6.45, 7) is 1.24. The van der Waals surface area contributed by atoms with Crippen LogP contribution in [0.3, 0.4) is 0 Å². The van der Waals surface area contributed by atoms with Crippen LogP contribution in [-0.4, -0.2) is 50.7 Å². The third-order valence-corrected chi connectivity index (χ3v) is 2.74. The smallest absolute Gasteiger partial charge is 0.421 e. The second-order valence-corrected chi connectivity index (χ2v) is 4.15. The average Bonchev–Trinajstić information content (AvgIpc) is 2.03. The highest BCUT2D eigenvalue weighted by Gasteiger charge is 2.20. The fourth-order valence-corrected chi connectivity index (χ4v) is 1.35. The van der Waals surface area contributed by atoms with E-state index < -0.39 is 16.3 Å². The van der Waals surface area contributed by atoms with Gasteiger partial charge in [0.25, 0.3) is 0 Å². The van der Waals surface area contributed by atoms with Crippen molar-refractivity contribution in [1.82, 2.24) is 9.03 Å². The minimum atomic E-state index is -3.90. The molecule has 0 spiro atoms. The van der Waals surface area contributed by atoms with E-state index >= 15 is 0 Å². The van der Waals surface area contributed by atoms with E-state index in [9.17, 15) is 13.2 Å². The molecule has 0 aliphatic carbocycles. The largest absolute Gasteiger partial charge is 0.449 e. The highest BCUT2D eigenvalue weighted by atomic mass is 32.2. The molecular formula is C6H14N2O5S. The summed E-state index contributed by atoms with van der Waals surface area (Å²) >= 11 is 0. The predicted octanol–water partition coefficient (Wildman–Crippen LogP) is -1.10. The summed E-state index contributed by atoms with van der Waals surface area (Å²) in [5, 5.41) is 8.49. The van der Waals surface area contributed by atoms with Gasteiger partial charge in [-0.05, 0) is 6.92 Å². The second kappa shape index (κ2) is 5.78. The summed E-state index contributed by atoms with van der Waals surface area (Å²) in [7, 11) is -2.66. The zero-order chi connectivity index (χ0) is 11.2. The summed E-state index contributed by atoms with van der Waals surface area (Å²) in [5.74, 6) is 0. The number of carbonyl (C=O) groups is 1.